The van der Waals surface area contributed by atoms with Gasteiger partial charge in [-0.1, -0.05) is 34.6 Å². The Labute approximate surface area is 122 Å². The molecule has 2 rings (SSSR count). The summed E-state index contributed by atoms with van der Waals surface area (Å²) in [6.07, 6.45) is 1.07. The minimum absolute atomic E-state index is 0.0788. The van der Waals surface area contributed by atoms with Crippen molar-refractivity contribution in [3.8, 4) is 0 Å². The summed E-state index contributed by atoms with van der Waals surface area (Å²) in [7, 11) is 0. The number of fused-ring (bicyclic) bond motifs is 1. The Hall–Kier alpha value is -0.870. The van der Waals surface area contributed by atoms with Gasteiger partial charge in [0, 0.05) is 43.8 Å². The van der Waals surface area contributed by atoms with E-state index in [-0.39, 0.29) is 5.41 Å². The summed E-state index contributed by atoms with van der Waals surface area (Å²) in [4.78, 5) is 4.88. The summed E-state index contributed by atoms with van der Waals surface area (Å²) in [5.41, 5.74) is 2.71. The van der Waals surface area contributed by atoms with Crippen LogP contribution in [-0.4, -0.2) is 29.3 Å². The van der Waals surface area contributed by atoms with E-state index >= 15 is 0 Å². The van der Waals surface area contributed by atoms with Gasteiger partial charge in [-0.15, -0.1) is 0 Å². The third-order valence-corrected chi connectivity index (χ3v) is 3.57. The lowest BCUT2D eigenvalue weighted by atomic mass is 9.95. The van der Waals surface area contributed by atoms with Gasteiger partial charge in [-0.3, -0.25) is 0 Å². The number of ether oxygens (including phenoxy) is 1. The lowest BCUT2D eigenvalue weighted by molar-refractivity contribution is 0.101. The quantitative estimate of drug-likeness (QED) is 0.842. The molecule has 0 spiro atoms. The van der Waals surface area contributed by atoms with E-state index in [1.165, 1.54) is 17.2 Å². The van der Waals surface area contributed by atoms with E-state index in [9.17, 15) is 0 Å². The van der Waals surface area contributed by atoms with Crippen molar-refractivity contribution >= 4 is 0 Å². The zero-order chi connectivity index (χ0) is 14.8. The maximum Gasteiger partial charge on any atom is 0.114 e. The Morgan fingerprint density at radius 3 is 2.75 bits per heavy atom. The van der Waals surface area contributed by atoms with Gasteiger partial charge in [0.1, 0.15) is 5.82 Å². The molecule has 1 aromatic rings. The van der Waals surface area contributed by atoms with Gasteiger partial charge in [0.25, 0.3) is 0 Å². The number of rotatable bonds is 5. The molecular weight excluding hydrogens is 250 g/mol. The van der Waals surface area contributed by atoms with Crippen LogP contribution in [0.5, 0.6) is 0 Å². The Morgan fingerprint density at radius 2 is 2.10 bits per heavy atom. The van der Waals surface area contributed by atoms with Gasteiger partial charge < -0.3 is 14.6 Å². The Balaban J connectivity index is 2.14. The molecule has 0 radical (unpaired) electrons. The summed E-state index contributed by atoms with van der Waals surface area (Å²) in [5, 5.41) is 3.41. The van der Waals surface area contributed by atoms with Crippen LogP contribution in [0.15, 0.2) is 0 Å². The zero-order valence-electron chi connectivity index (χ0n) is 13.6. The zero-order valence-corrected chi connectivity index (χ0v) is 13.6. The fourth-order valence-corrected chi connectivity index (χ4v) is 2.66. The fraction of sp³-hybridized carbons (Fsp3) is 0.812. The first-order valence-corrected chi connectivity index (χ1v) is 7.77. The van der Waals surface area contributed by atoms with Gasteiger partial charge in [-0.05, 0) is 5.92 Å². The second kappa shape index (κ2) is 6.27. The van der Waals surface area contributed by atoms with Crippen LogP contribution in [0.3, 0.4) is 0 Å². The number of hydrogen-bond donors (Lipinski definition) is 1. The third-order valence-electron chi connectivity index (χ3n) is 3.57. The molecule has 1 aliphatic heterocycles. The highest BCUT2D eigenvalue weighted by Gasteiger charge is 2.26. The third kappa shape index (κ3) is 3.61. The molecule has 0 saturated carbocycles. The molecule has 0 bridgehead atoms. The second-order valence-corrected chi connectivity index (χ2v) is 7.13. The van der Waals surface area contributed by atoms with E-state index in [1.807, 2.05) is 0 Å². The maximum absolute atomic E-state index is 5.76. The van der Waals surface area contributed by atoms with Crippen LogP contribution in [0, 0.1) is 5.92 Å². The molecule has 1 N–H and O–H groups in total. The standard InChI is InChI=1S/C16H29N3O/c1-12(2)11-20-9-8-19-14-6-7-17-10-13(14)18-15(19)16(3,4)5/h12,17H,6-11H2,1-5H3. The molecule has 1 aliphatic rings. The highest BCUT2D eigenvalue weighted by molar-refractivity contribution is 5.23. The normalized spacial score (nSPS) is 15.7. The summed E-state index contributed by atoms with van der Waals surface area (Å²) in [6.45, 7) is 15.6. The number of imidazole rings is 1. The molecule has 4 nitrogen and oxygen atoms in total. The summed E-state index contributed by atoms with van der Waals surface area (Å²) >= 11 is 0. The van der Waals surface area contributed by atoms with Gasteiger partial charge in [-0.2, -0.15) is 0 Å². The number of aromatic nitrogens is 2. The molecule has 0 unspecified atom stereocenters. The molecule has 1 aromatic heterocycles. The largest absolute Gasteiger partial charge is 0.379 e. The highest BCUT2D eigenvalue weighted by Crippen LogP contribution is 2.26. The summed E-state index contributed by atoms with van der Waals surface area (Å²) in [6, 6.07) is 0. The SMILES string of the molecule is CC(C)COCCn1c(C(C)(C)C)nc2c1CCNC2. The van der Waals surface area contributed by atoms with Crippen molar-refractivity contribution < 1.29 is 4.74 Å². The van der Waals surface area contributed by atoms with E-state index in [4.69, 9.17) is 9.72 Å². The van der Waals surface area contributed by atoms with Crippen LogP contribution in [0.25, 0.3) is 0 Å². The highest BCUT2D eigenvalue weighted by atomic mass is 16.5. The van der Waals surface area contributed by atoms with Crippen LogP contribution in [-0.2, 0) is 29.7 Å². The van der Waals surface area contributed by atoms with Gasteiger partial charge in [-0.25, -0.2) is 4.98 Å². The van der Waals surface area contributed by atoms with Gasteiger partial charge in [0.05, 0.1) is 12.3 Å². The van der Waals surface area contributed by atoms with Crippen molar-refractivity contribution in [2.45, 2.75) is 59.5 Å². The van der Waals surface area contributed by atoms with Gasteiger partial charge in [0.15, 0.2) is 0 Å². The Morgan fingerprint density at radius 1 is 1.35 bits per heavy atom. The predicted octanol–water partition coefficient (Wildman–Crippen LogP) is 2.50. The molecule has 0 saturated heterocycles. The molecule has 0 fully saturated rings. The van der Waals surface area contributed by atoms with Gasteiger partial charge in [0.2, 0.25) is 0 Å². The Kier molecular flexibility index (Phi) is 4.86. The monoisotopic (exact) mass is 279 g/mol. The van der Waals surface area contributed by atoms with Crippen LogP contribution in [0.2, 0.25) is 0 Å². The molecule has 0 aromatic carbocycles. The van der Waals surface area contributed by atoms with E-state index in [0.29, 0.717) is 5.92 Å². The van der Waals surface area contributed by atoms with Gasteiger partial charge >= 0.3 is 0 Å². The average Bonchev–Trinajstić information content (AvgIpc) is 2.73. The summed E-state index contributed by atoms with van der Waals surface area (Å²) in [5.74, 6) is 1.79. The van der Waals surface area contributed by atoms with Crippen LogP contribution >= 0.6 is 0 Å². The minimum atomic E-state index is 0.0788. The molecule has 4 heteroatoms. The molecule has 20 heavy (non-hydrogen) atoms. The van der Waals surface area contributed by atoms with Crippen molar-refractivity contribution in [1.82, 2.24) is 14.9 Å². The average molecular weight is 279 g/mol. The lowest BCUT2D eigenvalue weighted by Crippen LogP contribution is -2.26. The fourth-order valence-electron chi connectivity index (χ4n) is 2.66. The second-order valence-electron chi connectivity index (χ2n) is 7.13. The number of nitrogens with one attached hydrogen (secondary N) is 1. The molecule has 2 heterocycles. The molecule has 114 valence electrons. The Bertz CT molecular complexity index is 443. The molecule has 0 amide bonds. The van der Waals surface area contributed by atoms with E-state index in [1.54, 1.807) is 0 Å². The summed E-state index contributed by atoms with van der Waals surface area (Å²) < 4.78 is 8.16. The van der Waals surface area contributed by atoms with Crippen molar-refractivity contribution in [3.05, 3.63) is 17.2 Å². The first-order valence-electron chi connectivity index (χ1n) is 7.77. The van der Waals surface area contributed by atoms with E-state index < -0.39 is 0 Å². The molecule has 0 atom stereocenters. The van der Waals surface area contributed by atoms with E-state index in [0.717, 1.165) is 39.3 Å². The maximum atomic E-state index is 5.76. The molecule has 0 aliphatic carbocycles. The molecular formula is C16H29N3O. The van der Waals surface area contributed by atoms with Crippen LogP contribution in [0.1, 0.15) is 51.8 Å². The van der Waals surface area contributed by atoms with Crippen LogP contribution in [0.4, 0.5) is 0 Å². The minimum Gasteiger partial charge on any atom is -0.379 e. The van der Waals surface area contributed by atoms with Crippen molar-refractivity contribution in [2.24, 2.45) is 5.92 Å². The predicted molar refractivity (Wildman–Crippen MR) is 82.0 cm³/mol. The number of nitrogens with zero attached hydrogens (tertiary/aromatic N) is 2. The lowest BCUT2D eigenvalue weighted by Gasteiger charge is -2.22. The van der Waals surface area contributed by atoms with Crippen molar-refractivity contribution in [2.75, 3.05) is 19.8 Å². The van der Waals surface area contributed by atoms with E-state index in [2.05, 4.69) is 44.5 Å². The first kappa shape index (κ1) is 15.5. The van der Waals surface area contributed by atoms with Crippen LogP contribution < -0.4 is 5.32 Å². The number of hydrogen-bond acceptors (Lipinski definition) is 3. The van der Waals surface area contributed by atoms with Crippen molar-refractivity contribution in [1.29, 1.82) is 0 Å². The first-order chi connectivity index (χ1) is 9.39. The smallest absolute Gasteiger partial charge is 0.114 e. The van der Waals surface area contributed by atoms with Crippen molar-refractivity contribution in [3.63, 3.8) is 0 Å². The topological polar surface area (TPSA) is 39.1 Å².